The normalized spacial score (nSPS) is 10.2. The van der Waals surface area contributed by atoms with Crippen LogP contribution >= 0.6 is 0 Å². The van der Waals surface area contributed by atoms with Crippen LogP contribution in [0, 0.1) is 13.8 Å². The Morgan fingerprint density at radius 1 is 1.09 bits per heavy atom. The van der Waals surface area contributed by atoms with E-state index in [1.807, 2.05) is 32.0 Å². The molecule has 0 heterocycles. The van der Waals surface area contributed by atoms with E-state index in [4.69, 9.17) is 9.84 Å². The highest BCUT2D eigenvalue weighted by molar-refractivity contribution is 5.87. The van der Waals surface area contributed by atoms with Crippen molar-refractivity contribution in [3.63, 3.8) is 0 Å². The van der Waals surface area contributed by atoms with Crippen molar-refractivity contribution in [3.05, 3.63) is 64.7 Å². The number of hydrogen-bond donors (Lipinski definition) is 2. The Morgan fingerprint density at radius 2 is 1.78 bits per heavy atom. The summed E-state index contributed by atoms with van der Waals surface area (Å²) in [6.45, 7) is 4.11. The van der Waals surface area contributed by atoms with Gasteiger partial charge < -0.3 is 15.2 Å². The van der Waals surface area contributed by atoms with Crippen LogP contribution in [-0.4, -0.2) is 23.6 Å². The lowest BCUT2D eigenvalue weighted by Gasteiger charge is -2.09. The van der Waals surface area contributed by atoms with Gasteiger partial charge in [0, 0.05) is 6.54 Å². The number of aryl methyl sites for hydroxylation is 2. The Hall–Kier alpha value is -2.82. The predicted molar refractivity (Wildman–Crippen MR) is 86.7 cm³/mol. The van der Waals surface area contributed by atoms with Gasteiger partial charge in [-0.15, -0.1) is 0 Å². The first-order valence-electron chi connectivity index (χ1n) is 7.24. The molecule has 0 aliphatic heterocycles. The lowest BCUT2D eigenvalue weighted by Crippen LogP contribution is -2.28. The fraction of sp³-hybridized carbons (Fsp3) is 0.222. The largest absolute Gasteiger partial charge is 0.484 e. The molecule has 0 aliphatic rings. The number of nitrogens with one attached hydrogen (secondary N) is 1. The van der Waals surface area contributed by atoms with Gasteiger partial charge in [-0.25, -0.2) is 4.79 Å². The Labute approximate surface area is 134 Å². The quantitative estimate of drug-likeness (QED) is 0.860. The molecule has 23 heavy (non-hydrogen) atoms. The van der Waals surface area contributed by atoms with Gasteiger partial charge in [0.05, 0.1) is 5.56 Å². The maximum atomic E-state index is 11.8. The van der Waals surface area contributed by atoms with E-state index in [1.165, 1.54) is 12.1 Å². The Balaban J connectivity index is 1.85. The van der Waals surface area contributed by atoms with Crippen LogP contribution in [0.1, 0.15) is 27.0 Å². The summed E-state index contributed by atoms with van der Waals surface area (Å²) < 4.78 is 5.47. The van der Waals surface area contributed by atoms with Gasteiger partial charge in [-0.1, -0.05) is 18.2 Å². The smallest absolute Gasteiger partial charge is 0.335 e. The summed E-state index contributed by atoms with van der Waals surface area (Å²) in [6.07, 6.45) is 0. The van der Waals surface area contributed by atoms with Gasteiger partial charge in [0.15, 0.2) is 6.61 Å². The summed E-state index contributed by atoms with van der Waals surface area (Å²) in [5.74, 6) is -0.591. The third-order valence-electron chi connectivity index (χ3n) is 3.23. The number of carboxylic acids is 1. The number of benzene rings is 2. The van der Waals surface area contributed by atoms with Crippen LogP contribution < -0.4 is 10.1 Å². The predicted octanol–water partition coefficient (Wildman–Crippen LogP) is 2.70. The second-order valence-electron chi connectivity index (χ2n) is 5.39. The average molecular weight is 313 g/mol. The van der Waals surface area contributed by atoms with Crippen LogP contribution in [0.4, 0.5) is 0 Å². The molecule has 5 heteroatoms. The van der Waals surface area contributed by atoms with Crippen molar-refractivity contribution in [2.24, 2.45) is 0 Å². The van der Waals surface area contributed by atoms with E-state index in [1.54, 1.807) is 12.1 Å². The van der Waals surface area contributed by atoms with Crippen LogP contribution in [-0.2, 0) is 11.3 Å². The molecule has 0 radical (unpaired) electrons. The van der Waals surface area contributed by atoms with Crippen molar-refractivity contribution in [1.82, 2.24) is 5.32 Å². The maximum absolute atomic E-state index is 11.8. The summed E-state index contributed by atoms with van der Waals surface area (Å²) >= 11 is 0. The molecule has 0 saturated carbocycles. The zero-order valence-electron chi connectivity index (χ0n) is 13.1. The summed E-state index contributed by atoms with van der Waals surface area (Å²) in [4.78, 5) is 22.7. The molecule has 5 nitrogen and oxygen atoms in total. The van der Waals surface area contributed by atoms with Crippen molar-refractivity contribution in [2.75, 3.05) is 6.61 Å². The van der Waals surface area contributed by atoms with Gasteiger partial charge >= 0.3 is 5.97 Å². The summed E-state index contributed by atoms with van der Waals surface area (Å²) in [6, 6.07) is 12.2. The molecule has 2 rings (SSSR count). The van der Waals surface area contributed by atoms with Crippen LogP contribution in [0.15, 0.2) is 42.5 Å². The summed E-state index contributed by atoms with van der Waals surface area (Å²) in [7, 11) is 0. The van der Waals surface area contributed by atoms with E-state index in [-0.39, 0.29) is 24.6 Å². The van der Waals surface area contributed by atoms with Gasteiger partial charge in [-0.05, 0) is 54.8 Å². The second-order valence-corrected chi connectivity index (χ2v) is 5.39. The molecule has 0 bridgehead atoms. The number of carbonyl (C=O) groups is 2. The van der Waals surface area contributed by atoms with Crippen LogP contribution in [0.2, 0.25) is 0 Å². The molecule has 2 N–H and O–H groups in total. The van der Waals surface area contributed by atoms with Crippen LogP contribution in [0.3, 0.4) is 0 Å². The molecule has 1 amide bonds. The molecule has 0 saturated heterocycles. The molecule has 120 valence electrons. The van der Waals surface area contributed by atoms with E-state index < -0.39 is 5.97 Å². The third-order valence-corrected chi connectivity index (χ3v) is 3.23. The standard InChI is InChI=1S/C18H19NO4/c1-12-6-13(2)8-16(7-12)23-11-17(20)19-10-14-4-3-5-15(9-14)18(21)22/h3-9H,10-11H2,1-2H3,(H,19,20)(H,21,22). The lowest BCUT2D eigenvalue weighted by atomic mass is 10.1. The average Bonchev–Trinajstić information content (AvgIpc) is 2.50. The van der Waals surface area contributed by atoms with Crippen molar-refractivity contribution in [1.29, 1.82) is 0 Å². The topological polar surface area (TPSA) is 75.6 Å². The van der Waals surface area contributed by atoms with Crippen LogP contribution in [0.25, 0.3) is 0 Å². The fourth-order valence-electron chi connectivity index (χ4n) is 2.23. The minimum absolute atomic E-state index is 0.0818. The molecule has 0 fully saturated rings. The fourth-order valence-corrected chi connectivity index (χ4v) is 2.23. The monoisotopic (exact) mass is 313 g/mol. The van der Waals surface area contributed by atoms with Crippen LogP contribution in [0.5, 0.6) is 5.75 Å². The van der Waals surface area contributed by atoms with E-state index in [2.05, 4.69) is 5.32 Å². The number of carboxylic acid groups (broad SMARTS) is 1. The molecule has 2 aromatic carbocycles. The van der Waals surface area contributed by atoms with E-state index >= 15 is 0 Å². The minimum atomic E-state index is -0.990. The number of hydrogen-bond acceptors (Lipinski definition) is 3. The van der Waals surface area contributed by atoms with E-state index in [0.717, 1.165) is 16.7 Å². The zero-order valence-corrected chi connectivity index (χ0v) is 13.1. The number of aromatic carboxylic acids is 1. The zero-order chi connectivity index (χ0) is 16.8. The Bertz CT molecular complexity index is 704. The van der Waals surface area contributed by atoms with Crippen molar-refractivity contribution >= 4 is 11.9 Å². The SMILES string of the molecule is Cc1cc(C)cc(OCC(=O)NCc2cccc(C(=O)O)c2)c1. The molecular formula is C18H19NO4. The number of amides is 1. The number of rotatable bonds is 6. The molecule has 0 aromatic heterocycles. The molecule has 0 atom stereocenters. The minimum Gasteiger partial charge on any atom is -0.484 e. The highest BCUT2D eigenvalue weighted by Gasteiger charge is 2.06. The van der Waals surface area contributed by atoms with Gasteiger partial charge in [0.2, 0.25) is 0 Å². The van der Waals surface area contributed by atoms with Gasteiger partial charge in [-0.2, -0.15) is 0 Å². The third kappa shape index (κ3) is 5.14. The first-order chi connectivity index (χ1) is 10.9. The molecular weight excluding hydrogens is 294 g/mol. The van der Waals surface area contributed by atoms with E-state index in [0.29, 0.717) is 5.75 Å². The molecule has 0 spiro atoms. The number of carbonyl (C=O) groups excluding carboxylic acids is 1. The van der Waals surface area contributed by atoms with Crippen molar-refractivity contribution in [2.45, 2.75) is 20.4 Å². The molecule has 0 unspecified atom stereocenters. The second kappa shape index (κ2) is 7.45. The van der Waals surface area contributed by atoms with Gasteiger partial charge in [0.1, 0.15) is 5.75 Å². The highest BCUT2D eigenvalue weighted by Crippen LogP contribution is 2.16. The summed E-state index contributed by atoms with van der Waals surface area (Å²) in [5.41, 5.74) is 3.07. The summed E-state index contributed by atoms with van der Waals surface area (Å²) in [5, 5.41) is 11.6. The molecule has 2 aromatic rings. The van der Waals surface area contributed by atoms with Crippen molar-refractivity contribution < 1.29 is 19.4 Å². The lowest BCUT2D eigenvalue weighted by molar-refractivity contribution is -0.123. The maximum Gasteiger partial charge on any atom is 0.335 e. The van der Waals surface area contributed by atoms with Crippen molar-refractivity contribution in [3.8, 4) is 5.75 Å². The first kappa shape index (κ1) is 16.5. The van der Waals surface area contributed by atoms with Gasteiger partial charge in [-0.3, -0.25) is 4.79 Å². The van der Waals surface area contributed by atoms with Gasteiger partial charge in [0.25, 0.3) is 5.91 Å². The molecule has 0 aliphatic carbocycles. The highest BCUT2D eigenvalue weighted by atomic mass is 16.5. The Morgan fingerprint density at radius 3 is 2.43 bits per heavy atom. The van der Waals surface area contributed by atoms with E-state index in [9.17, 15) is 9.59 Å². The Kier molecular flexibility index (Phi) is 5.36. The first-order valence-corrected chi connectivity index (χ1v) is 7.24. The number of ether oxygens (including phenoxy) is 1.